The summed E-state index contributed by atoms with van der Waals surface area (Å²) in [5, 5.41) is 18.1. The molecule has 0 fully saturated rings. The van der Waals surface area contributed by atoms with Crippen LogP contribution in [0.25, 0.3) is 16.8 Å². The molecular formula is C29H23N3O5. The van der Waals surface area contributed by atoms with Crippen molar-refractivity contribution in [1.82, 2.24) is 10.6 Å². The Morgan fingerprint density at radius 1 is 0.730 bits per heavy atom. The SMILES string of the molecule is O=C(O)CNC(=O)c1ccc(NC(=O)/C(=C/c2ccccc2)NC(=O)c2cccc3ccccc23)cc1. The van der Waals surface area contributed by atoms with Crippen LogP contribution in [-0.4, -0.2) is 35.3 Å². The van der Waals surface area contributed by atoms with Gasteiger partial charge in [-0.25, -0.2) is 0 Å². The highest BCUT2D eigenvalue weighted by Gasteiger charge is 2.17. The predicted octanol–water partition coefficient (Wildman–Crippen LogP) is 4.06. The molecule has 0 radical (unpaired) electrons. The molecule has 0 unspecified atom stereocenters. The summed E-state index contributed by atoms with van der Waals surface area (Å²) in [6.07, 6.45) is 1.58. The van der Waals surface area contributed by atoms with Crippen LogP contribution in [0.2, 0.25) is 0 Å². The smallest absolute Gasteiger partial charge is 0.322 e. The number of carboxylic acids is 1. The molecular weight excluding hydrogens is 470 g/mol. The molecule has 0 spiro atoms. The Bertz CT molecular complexity index is 1490. The van der Waals surface area contributed by atoms with Crippen molar-refractivity contribution >= 4 is 46.2 Å². The number of aliphatic carboxylic acids is 1. The summed E-state index contributed by atoms with van der Waals surface area (Å²) >= 11 is 0. The lowest BCUT2D eigenvalue weighted by Gasteiger charge is -2.13. The van der Waals surface area contributed by atoms with E-state index >= 15 is 0 Å². The number of carbonyl (C=O) groups is 4. The van der Waals surface area contributed by atoms with Crippen LogP contribution in [0.5, 0.6) is 0 Å². The Kier molecular flexibility index (Phi) is 7.70. The average Bonchev–Trinajstić information content (AvgIpc) is 2.92. The van der Waals surface area contributed by atoms with E-state index in [2.05, 4.69) is 16.0 Å². The Labute approximate surface area is 212 Å². The van der Waals surface area contributed by atoms with Gasteiger partial charge in [-0.15, -0.1) is 0 Å². The molecule has 8 heteroatoms. The molecule has 0 aliphatic carbocycles. The lowest BCUT2D eigenvalue weighted by Crippen LogP contribution is -2.31. The fourth-order valence-electron chi connectivity index (χ4n) is 3.65. The normalized spacial score (nSPS) is 11.0. The number of hydrogen-bond donors (Lipinski definition) is 4. The van der Waals surface area contributed by atoms with Crippen LogP contribution in [0.4, 0.5) is 5.69 Å². The minimum Gasteiger partial charge on any atom is -0.480 e. The fourth-order valence-corrected chi connectivity index (χ4v) is 3.65. The minimum atomic E-state index is -1.15. The predicted molar refractivity (Wildman–Crippen MR) is 141 cm³/mol. The van der Waals surface area contributed by atoms with E-state index in [0.29, 0.717) is 11.3 Å². The van der Waals surface area contributed by atoms with E-state index in [-0.39, 0.29) is 11.3 Å². The van der Waals surface area contributed by atoms with Gasteiger partial charge in [0, 0.05) is 16.8 Å². The van der Waals surface area contributed by atoms with Crippen LogP contribution in [0.3, 0.4) is 0 Å². The zero-order chi connectivity index (χ0) is 26.2. The molecule has 184 valence electrons. The van der Waals surface area contributed by atoms with Gasteiger partial charge in [-0.3, -0.25) is 19.2 Å². The van der Waals surface area contributed by atoms with Crippen molar-refractivity contribution in [1.29, 1.82) is 0 Å². The second kappa shape index (κ2) is 11.5. The molecule has 0 saturated heterocycles. The first kappa shape index (κ1) is 24.9. The Balaban J connectivity index is 1.56. The largest absolute Gasteiger partial charge is 0.480 e. The van der Waals surface area contributed by atoms with Crippen molar-refractivity contribution in [2.75, 3.05) is 11.9 Å². The summed E-state index contributed by atoms with van der Waals surface area (Å²) in [7, 11) is 0. The maximum atomic E-state index is 13.2. The van der Waals surface area contributed by atoms with Crippen LogP contribution in [-0.2, 0) is 9.59 Å². The molecule has 0 heterocycles. The molecule has 0 saturated carbocycles. The van der Waals surface area contributed by atoms with Crippen LogP contribution in [0, 0.1) is 0 Å². The van der Waals surface area contributed by atoms with Gasteiger partial charge in [0.15, 0.2) is 0 Å². The lowest BCUT2D eigenvalue weighted by molar-refractivity contribution is -0.135. The van der Waals surface area contributed by atoms with Crippen molar-refractivity contribution in [2.24, 2.45) is 0 Å². The van der Waals surface area contributed by atoms with Crippen LogP contribution in [0.15, 0.2) is 103 Å². The highest BCUT2D eigenvalue weighted by Crippen LogP contribution is 2.19. The first-order valence-electron chi connectivity index (χ1n) is 11.4. The highest BCUT2D eigenvalue weighted by atomic mass is 16.4. The van der Waals surface area contributed by atoms with E-state index in [1.54, 1.807) is 18.2 Å². The van der Waals surface area contributed by atoms with Gasteiger partial charge < -0.3 is 21.1 Å². The average molecular weight is 494 g/mol. The summed E-state index contributed by atoms with van der Waals surface area (Å²) < 4.78 is 0. The Morgan fingerprint density at radius 3 is 2.14 bits per heavy atom. The number of amides is 3. The van der Waals surface area contributed by atoms with Crippen LogP contribution in [0.1, 0.15) is 26.3 Å². The van der Waals surface area contributed by atoms with Gasteiger partial charge in [-0.1, -0.05) is 66.7 Å². The van der Waals surface area contributed by atoms with Gasteiger partial charge in [0.2, 0.25) is 0 Å². The standard InChI is InChI=1S/C29H23N3O5/c33-26(34)18-30-27(35)21-13-15-22(16-14-21)31-29(37)25(17-19-7-2-1-3-8-19)32-28(36)24-12-6-10-20-9-4-5-11-23(20)24/h1-17H,18H2,(H,30,35)(H,31,37)(H,32,36)(H,33,34)/b25-17-. The van der Waals surface area contributed by atoms with Gasteiger partial charge in [0.25, 0.3) is 17.7 Å². The summed E-state index contributed by atoms with van der Waals surface area (Å²) in [6, 6.07) is 27.9. The van der Waals surface area contributed by atoms with Crippen LogP contribution < -0.4 is 16.0 Å². The molecule has 0 aliphatic heterocycles. The van der Waals surface area contributed by atoms with E-state index in [0.717, 1.165) is 16.3 Å². The van der Waals surface area contributed by atoms with E-state index in [9.17, 15) is 19.2 Å². The monoisotopic (exact) mass is 493 g/mol. The van der Waals surface area contributed by atoms with E-state index < -0.39 is 30.2 Å². The number of carboxylic acid groups (broad SMARTS) is 1. The Morgan fingerprint density at radius 2 is 1.41 bits per heavy atom. The van der Waals surface area contributed by atoms with Crippen molar-refractivity contribution in [3.05, 3.63) is 119 Å². The van der Waals surface area contributed by atoms with Crippen molar-refractivity contribution in [2.45, 2.75) is 0 Å². The second-order valence-electron chi connectivity index (χ2n) is 8.06. The lowest BCUT2D eigenvalue weighted by atomic mass is 10.0. The number of carbonyl (C=O) groups excluding carboxylic acids is 3. The zero-order valence-electron chi connectivity index (χ0n) is 19.6. The molecule has 0 aliphatic rings. The number of rotatable bonds is 8. The summed E-state index contributed by atoms with van der Waals surface area (Å²) in [6.45, 7) is -0.499. The molecule has 0 aromatic heterocycles. The fraction of sp³-hybridized carbons (Fsp3) is 0.0345. The number of nitrogens with one attached hydrogen (secondary N) is 3. The maximum Gasteiger partial charge on any atom is 0.322 e. The summed E-state index contributed by atoms with van der Waals surface area (Å²) in [5.41, 5.74) is 1.81. The molecule has 4 aromatic rings. The van der Waals surface area contributed by atoms with Gasteiger partial charge >= 0.3 is 5.97 Å². The van der Waals surface area contributed by atoms with E-state index in [1.165, 1.54) is 24.3 Å². The number of benzene rings is 4. The Hall–Kier alpha value is -5.24. The molecule has 37 heavy (non-hydrogen) atoms. The van der Waals surface area contributed by atoms with Gasteiger partial charge in [-0.2, -0.15) is 0 Å². The third kappa shape index (κ3) is 6.46. The van der Waals surface area contributed by atoms with Gasteiger partial charge in [-0.05, 0) is 52.7 Å². The first-order chi connectivity index (χ1) is 17.9. The van der Waals surface area contributed by atoms with Crippen molar-refractivity contribution in [3.8, 4) is 0 Å². The number of anilines is 1. The van der Waals surface area contributed by atoms with Gasteiger partial charge in [0.1, 0.15) is 12.2 Å². The maximum absolute atomic E-state index is 13.2. The minimum absolute atomic E-state index is 0.0346. The number of hydrogen-bond acceptors (Lipinski definition) is 4. The summed E-state index contributed by atoms with van der Waals surface area (Å²) in [4.78, 5) is 49.1. The highest BCUT2D eigenvalue weighted by molar-refractivity contribution is 6.14. The number of fused-ring (bicyclic) bond motifs is 1. The molecule has 4 N–H and O–H groups in total. The quantitative estimate of drug-likeness (QED) is 0.276. The molecule has 8 nitrogen and oxygen atoms in total. The zero-order valence-corrected chi connectivity index (χ0v) is 19.6. The van der Waals surface area contributed by atoms with Crippen molar-refractivity contribution in [3.63, 3.8) is 0 Å². The van der Waals surface area contributed by atoms with Gasteiger partial charge in [0.05, 0.1) is 0 Å². The third-order valence-corrected chi connectivity index (χ3v) is 5.44. The molecule has 0 bridgehead atoms. The molecule has 0 atom stereocenters. The second-order valence-corrected chi connectivity index (χ2v) is 8.06. The topological polar surface area (TPSA) is 125 Å². The molecule has 4 rings (SSSR count). The first-order valence-corrected chi connectivity index (χ1v) is 11.4. The summed E-state index contributed by atoms with van der Waals surface area (Å²) in [5.74, 6) is -2.69. The van der Waals surface area contributed by atoms with Crippen LogP contribution >= 0.6 is 0 Å². The third-order valence-electron chi connectivity index (χ3n) is 5.44. The van der Waals surface area contributed by atoms with E-state index in [4.69, 9.17) is 5.11 Å². The van der Waals surface area contributed by atoms with E-state index in [1.807, 2.05) is 60.7 Å². The van der Waals surface area contributed by atoms with Crippen molar-refractivity contribution < 1.29 is 24.3 Å². The molecule has 3 amide bonds. The molecule has 4 aromatic carbocycles.